The minimum absolute atomic E-state index is 0.114. The summed E-state index contributed by atoms with van der Waals surface area (Å²) in [6.07, 6.45) is 1.54. The fraction of sp³-hybridized carbons (Fsp3) is 0.231. The Balaban J connectivity index is 2.54. The molecule has 1 heterocycles. The summed E-state index contributed by atoms with van der Waals surface area (Å²) in [4.78, 5) is 11.0. The van der Waals surface area contributed by atoms with E-state index in [0.717, 1.165) is 16.8 Å². The molecule has 0 aliphatic carbocycles. The van der Waals surface area contributed by atoms with Crippen LogP contribution in [0.5, 0.6) is 0 Å². The van der Waals surface area contributed by atoms with E-state index in [1.54, 1.807) is 0 Å². The fourth-order valence-electron chi connectivity index (χ4n) is 1.92. The van der Waals surface area contributed by atoms with E-state index in [4.69, 9.17) is 10.2 Å². The van der Waals surface area contributed by atoms with E-state index in [1.807, 2.05) is 32.0 Å². The number of hydrogen-bond acceptors (Lipinski definition) is 3. The van der Waals surface area contributed by atoms with Gasteiger partial charge < -0.3 is 10.2 Å². The van der Waals surface area contributed by atoms with Crippen LogP contribution in [0.4, 0.5) is 0 Å². The third-order valence-corrected chi connectivity index (χ3v) is 2.63. The molecular weight excluding hydrogens is 232 g/mol. The van der Waals surface area contributed by atoms with Gasteiger partial charge in [0.15, 0.2) is 5.69 Å². The van der Waals surface area contributed by atoms with Crippen LogP contribution in [0, 0.1) is 13.8 Å². The molecule has 0 spiro atoms. The van der Waals surface area contributed by atoms with Crippen molar-refractivity contribution >= 4 is 5.97 Å². The molecule has 0 saturated carbocycles. The molecule has 1 aromatic carbocycles. The number of rotatable bonds is 3. The maximum absolute atomic E-state index is 11.0. The van der Waals surface area contributed by atoms with Crippen LogP contribution in [0.15, 0.2) is 24.4 Å². The lowest BCUT2D eigenvalue weighted by molar-refractivity contribution is 0.0686. The summed E-state index contributed by atoms with van der Waals surface area (Å²) in [5, 5.41) is 22.1. The minimum atomic E-state index is -1.14. The number of aliphatic hydroxyl groups excluding tert-OH is 1. The van der Waals surface area contributed by atoms with E-state index >= 15 is 0 Å². The summed E-state index contributed by atoms with van der Waals surface area (Å²) in [5.41, 5.74) is 3.12. The monoisotopic (exact) mass is 246 g/mol. The van der Waals surface area contributed by atoms with Gasteiger partial charge >= 0.3 is 5.97 Å². The Morgan fingerprint density at radius 2 is 1.89 bits per heavy atom. The maximum Gasteiger partial charge on any atom is 0.356 e. The predicted octanol–water partition coefficient (Wildman–Crippen LogP) is 1.68. The molecule has 18 heavy (non-hydrogen) atoms. The first-order valence-corrected chi connectivity index (χ1v) is 5.52. The van der Waals surface area contributed by atoms with E-state index in [1.165, 1.54) is 10.9 Å². The number of aromatic nitrogens is 2. The molecule has 0 radical (unpaired) electrons. The van der Waals surface area contributed by atoms with Crippen molar-refractivity contribution in [3.63, 3.8) is 0 Å². The summed E-state index contributed by atoms with van der Waals surface area (Å²) in [6.45, 7) is 3.59. The van der Waals surface area contributed by atoms with Crippen LogP contribution in [0.2, 0.25) is 0 Å². The second-order valence-electron chi connectivity index (χ2n) is 4.26. The third kappa shape index (κ3) is 2.26. The number of carbonyl (C=O) groups is 1. The summed E-state index contributed by atoms with van der Waals surface area (Å²) in [6, 6.07) is 5.84. The van der Waals surface area contributed by atoms with Crippen molar-refractivity contribution in [2.45, 2.75) is 20.5 Å². The van der Waals surface area contributed by atoms with Crippen molar-refractivity contribution in [3.8, 4) is 5.69 Å². The second kappa shape index (κ2) is 4.62. The number of carboxylic acids is 1. The summed E-state index contributed by atoms with van der Waals surface area (Å²) in [5.74, 6) is -1.14. The Kier molecular flexibility index (Phi) is 3.16. The fourth-order valence-corrected chi connectivity index (χ4v) is 1.92. The lowest BCUT2D eigenvalue weighted by Crippen LogP contribution is -2.03. The molecule has 5 heteroatoms. The van der Waals surface area contributed by atoms with E-state index < -0.39 is 5.97 Å². The molecule has 94 valence electrons. The zero-order chi connectivity index (χ0) is 13.3. The molecule has 0 bridgehead atoms. The van der Waals surface area contributed by atoms with Gasteiger partial charge in [-0.05, 0) is 37.1 Å². The largest absolute Gasteiger partial charge is 0.476 e. The van der Waals surface area contributed by atoms with Gasteiger partial charge in [-0.1, -0.05) is 6.07 Å². The Morgan fingerprint density at radius 3 is 2.33 bits per heavy atom. The number of hydrogen-bond donors (Lipinski definition) is 2. The van der Waals surface area contributed by atoms with Crippen LogP contribution in [-0.2, 0) is 6.61 Å². The average Bonchev–Trinajstić information content (AvgIpc) is 2.71. The van der Waals surface area contributed by atoms with Crippen molar-refractivity contribution in [2.24, 2.45) is 0 Å². The van der Waals surface area contributed by atoms with E-state index in [-0.39, 0.29) is 12.3 Å². The molecule has 0 fully saturated rings. The first-order chi connectivity index (χ1) is 8.51. The highest BCUT2D eigenvalue weighted by Crippen LogP contribution is 2.16. The number of benzene rings is 1. The van der Waals surface area contributed by atoms with Gasteiger partial charge in [0, 0.05) is 11.8 Å². The molecule has 0 amide bonds. The summed E-state index contributed by atoms with van der Waals surface area (Å²) in [7, 11) is 0. The van der Waals surface area contributed by atoms with Crippen molar-refractivity contribution in [3.05, 3.63) is 46.8 Å². The van der Waals surface area contributed by atoms with Crippen molar-refractivity contribution in [2.75, 3.05) is 0 Å². The Labute approximate surface area is 104 Å². The smallest absolute Gasteiger partial charge is 0.356 e. The van der Waals surface area contributed by atoms with E-state index in [2.05, 4.69) is 5.10 Å². The summed E-state index contributed by atoms with van der Waals surface area (Å²) < 4.78 is 1.48. The zero-order valence-electron chi connectivity index (χ0n) is 10.2. The highest BCUT2D eigenvalue weighted by molar-refractivity contribution is 5.87. The predicted molar refractivity (Wildman–Crippen MR) is 65.9 cm³/mol. The van der Waals surface area contributed by atoms with Crippen LogP contribution in [0.1, 0.15) is 27.2 Å². The zero-order valence-corrected chi connectivity index (χ0v) is 10.2. The normalized spacial score (nSPS) is 10.6. The van der Waals surface area contributed by atoms with Crippen LogP contribution < -0.4 is 0 Å². The summed E-state index contributed by atoms with van der Waals surface area (Å²) >= 11 is 0. The molecule has 0 aliphatic heterocycles. The topological polar surface area (TPSA) is 75.4 Å². The highest BCUT2D eigenvalue weighted by Gasteiger charge is 2.15. The SMILES string of the molecule is Cc1cc(C)cc(-n2cc(CO)c(C(=O)O)n2)c1. The maximum atomic E-state index is 11.0. The van der Waals surface area contributed by atoms with Gasteiger partial charge in [0.25, 0.3) is 0 Å². The van der Waals surface area contributed by atoms with Crippen molar-refractivity contribution < 1.29 is 15.0 Å². The minimum Gasteiger partial charge on any atom is -0.476 e. The standard InChI is InChI=1S/C13H14N2O3/c1-8-3-9(2)5-11(4-8)15-6-10(7-16)12(14-15)13(17)18/h3-6,16H,7H2,1-2H3,(H,17,18). The van der Waals surface area contributed by atoms with Crippen LogP contribution in [-0.4, -0.2) is 26.0 Å². The van der Waals surface area contributed by atoms with E-state index in [9.17, 15) is 4.79 Å². The second-order valence-corrected chi connectivity index (χ2v) is 4.26. The molecule has 5 nitrogen and oxygen atoms in total. The highest BCUT2D eigenvalue weighted by atomic mass is 16.4. The van der Waals surface area contributed by atoms with Gasteiger partial charge in [0.2, 0.25) is 0 Å². The quantitative estimate of drug-likeness (QED) is 0.864. The van der Waals surface area contributed by atoms with Crippen molar-refractivity contribution in [1.82, 2.24) is 9.78 Å². The number of nitrogens with zero attached hydrogens (tertiary/aromatic N) is 2. The molecule has 0 aliphatic rings. The molecule has 1 aromatic heterocycles. The Bertz CT molecular complexity index is 582. The Morgan fingerprint density at radius 1 is 1.28 bits per heavy atom. The van der Waals surface area contributed by atoms with Gasteiger partial charge in [0.1, 0.15) is 0 Å². The van der Waals surface area contributed by atoms with Gasteiger partial charge in [-0.2, -0.15) is 5.10 Å². The van der Waals surface area contributed by atoms with Gasteiger partial charge in [-0.3, -0.25) is 0 Å². The molecule has 2 aromatic rings. The van der Waals surface area contributed by atoms with Crippen LogP contribution in [0.3, 0.4) is 0 Å². The molecule has 0 atom stereocenters. The molecule has 2 N–H and O–H groups in total. The molecule has 0 saturated heterocycles. The average molecular weight is 246 g/mol. The third-order valence-electron chi connectivity index (χ3n) is 2.63. The van der Waals surface area contributed by atoms with Gasteiger partial charge in [-0.15, -0.1) is 0 Å². The Hall–Kier alpha value is -2.14. The molecule has 2 rings (SSSR count). The van der Waals surface area contributed by atoms with Gasteiger partial charge in [0.05, 0.1) is 12.3 Å². The first-order valence-electron chi connectivity index (χ1n) is 5.52. The molecular formula is C13H14N2O3. The van der Waals surface area contributed by atoms with Crippen molar-refractivity contribution in [1.29, 1.82) is 0 Å². The lowest BCUT2D eigenvalue weighted by Gasteiger charge is -2.04. The number of aliphatic hydroxyl groups is 1. The molecule has 0 unspecified atom stereocenters. The number of carboxylic acid groups (broad SMARTS) is 1. The van der Waals surface area contributed by atoms with Crippen LogP contribution in [0.25, 0.3) is 5.69 Å². The van der Waals surface area contributed by atoms with Crippen LogP contribution >= 0.6 is 0 Å². The first kappa shape index (κ1) is 12.3. The van der Waals surface area contributed by atoms with Gasteiger partial charge in [-0.25, -0.2) is 9.48 Å². The number of aryl methyl sites for hydroxylation is 2. The van der Waals surface area contributed by atoms with E-state index in [0.29, 0.717) is 5.56 Å². The lowest BCUT2D eigenvalue weighted by atomic mass is 10.1. The number of aromatic carboxylic acids is 1.